The van der Waals surface area contributed by atoms with Crippen LogP contribution in [-0.4, -0.2) is 71.9 Å². The molecular formula is C18H24ClN3O4. The topological polar surface area (TPSA) is 70.2 Å². The standard InChI is InChI=1S/C18H24ClN3O4/c1-3-26-18(25)21-10-8-20(9-11-21)17(24)13-22(14(2)23)12-15-4-6-16(19)7-5-15/h4-7H,3,8-13H2,1-2H3. The second kappa shape index (κ2) is 9.43. The summed E-state index contributed by atoms with van der Waals surface area (Å²) < 4.78 is 4.97. The Kier molecular flexibility index (Phi) is 7.26. The summed E-state index contributed by atoms with van der Waals surface area (Å²) in [6, 6.07) is 7.18. The van der Waals surface area contributed by atoms with Crippen LogP contribution in [0.15, 0.2) is 24.3 Å². The minimum Gasteiger partial charge on any atom is -0.450 e. The molecule has 1 saturated heterocycles. The number of ether oxygens (including phenoxy) is 1. The molecule has 1 aliphatic heterocycles. The summed E-state index contributed by atoms with van der Waals surface area (Å²) in [7, 11) is 0. The van der Waals surface area contributed by atoms with E-state index in [1.165, 1.54) is 11.8 Å². The van der Waals surface area contributed by atoms with Crippen molar-refractivity contribution >= 4 is 29.5 Å². The van der Waals surface area contributed by atoms with Gasteiger partial charge in [-0.3, -0.25) is 9.59 Å². The molecule has 0 bridgehead atoms. The SMILES string of the molecule is CCOC(=O)N1CCN(C(=O)CN(Cc2ccc(Cl)cc2)C(C)=O)CC1. The molecule has 2 rings (SSSR count). The molecule has 1 aliphatic rings. The van der Waals surface area contributed by atoms with Crippen LogP contribution < -0.4 is 0 Å². The molecule has 7 nitrogen and oxygen atoms in total. The fourth-order valence-electron chi connectivity index (χ4n) is 2.71. The first-order valence-electron chi connectivity index (χ1n) is 8.60. The predicted octanol–water partition coefficient (Wildman–Crippen LogP) is 1.99. The Bertz CT molecular complexity index is 642. The van der Waals surface area contributed by atoms with Gasteiger partial charge in [0, 0.05) is 44.7 Å². The maximum atomic E-state index is 12.5. The van der Waals surface area contributed by atoms with Crippen molar-refractivity contribution in [1.29, 1.82) is 0 Å². The van der Waals surface area contributed by atoms with Crippen LogP contribution in [-0.2, 0) is 20.9 Å². The molecule has 1 heterocycles. The lowest BCUT2D eigenvalue weighted by Crippen LogP contribution is -2.53. The lowest BCUT2D eigenvalue weighted by atomic mass is 10.2. The first kappa shape index (κ1) is 20.0. The van der Waals surface area contributed by atoms with Crippen molar-refractivity contribution in [3.63, 3.8) is 0 Å². The van der Waals surface area contributed by atoms with Gasteiger partial charge in [0.25, 0.3) is 0 Å². The summed E-state index contributed by atoms with van der Waals surface area (Å²) in [4.78, 5) is 40.9. The number of rotatable bonds is 5. The average molecular weight is 382 g/mol. The Morgan fingerprint density at radius 1 is 1.08 bits per heavy atom. The number of piperazine rings is 1. The molecule has 1 aromatic carbocycles. The third-order valence-electron chi connectivity index (χ3n) is 4.22. The van der Waals surface area contributed by atoms with Gasteiger partial charge >= 0.3 is 6.09 Å². The molecule has 0 aromatic heterocycles. The lowest BCUT2D eigenvalue weighted by Gasteiger charge is -2.35. The van der Waals surface area contributed by atoms with Gasteiger partial charge in [-0.2, -0.15) is 0 Å². The van der Waals surface area contributed by atoms with Crippen molar-refractivity contribution in [1.82, 2.24) is 14.7 Å². The van der Waals surface area contributed by atoms with Gasteiger partial charge in [0.1, 0.15) is 6.54 Å². The van der Waals surface area contributed by atoms with E-state index in [2.05, 4.69) is 0 Å². The van der Waals surface area contributed by atoms with Gasteiger partial charge in [0.05, 0.1) is 6.61 Å². The molecule has 1 fully saturated rings. The molecule has 0 saturated carbocycles. The molecule has 142 valence electrons. The van der Waals surface area contributed by atoms with E-state index in [1.807, 2.05) is 12.1 Å². The van der Waals surface area contributed by atoms with Gasteiger partial charge in [-0.1, -0.05) is 23.7 Å². The second-order valence-electron chi connectivity index (χ2n) is 6.07. The van der Waals surface area contributed by atoms with Gasteiger partial charge < -0.3 is 19.4 Å². The fraction of sp³-hybridized carbons (Fsp3) is 0.500. The lowest BCUT2D eigenvalue weighted by molar-refractivity contribution is -0.140. The number of halogens is 1. The number of carbonyl (C=O) groups is 3. The molecule has 0 N–H and O–H groups in total. The van der Waals surface area contributed by atoms with Crippen molar-refractivity contribution in [2.75, 3.05) is 39.3 Å². The number of carbonyl (C=O) groups excluding carboxylic acids is 3. The molecule has 26 heavy (non-hydrogen) atoms. The predicted molar refractivity (Wildman–Crippen MR) is 97.7 cm³/mol. The Morgan fingerprint density at radius 3 is 2.19 bits per heavy atom. The summed E-state index contributed by atoms with van der Waals surface area (Å²) in [5.74, 6) is -0.295. The number of amides is 3. The average Bonchev–Trinajstić information content (AvgIpc) is 2.63. The minimum atomic E-state index is -0.354. The van der Waals surface area contributed by atoms with E-state index in [0.717, 1.165) is 5.56 Å². The van der Waals surface area contributed by atoms with Crippen LogP contribution in [0.2, 0.25) is 5.02 Å². The van der Waals surface area contributed by atoms with Crippen LogP contribution in [0, 0.1) is 0 Å². The highest BCUT2D eigenvalue weighted by Gasteiger charge is 2.26. The highest BCUT2D eigenvalue weighted by molar-refractivity contribution is 6.30. The third kappa shape index (κ3) is 5.62. The highest BCUT2D eigenvalue weighted by Crippen LogP contribution is 2.12. The van der Waals surface area contributed by atoms with Gasteiger partial charge in [-0.15, -0.1) is 0 Å². The van der Waals surface area contributed by atoms with Crippen molar-refractivity contribution in [2.24, 2.45) is 0 Å². The zero-order chi connectivity index (χ0) is 19.1. The summed E-state index contributed by atoms with van der Waals surface area (Å²) in [6.07, 6.45) is -0.354. The van der Waals surface area contributed by atoms with E-state index in [-0.39, 0.29) is 24.5 Å². The van der Waals surface area contributed by atoms with Crippen LogP contribution in [0.1, 0.15) is 19.4 Å². The molecule has 0 spiro atoms. The summed E-state index contributed by atoms with van der Waals surface area (Å²) in [5, 5.41) is 0.624. The van der Waals surface area contributed by atoms with Crippen molar-refractivity contribution in [3.05, 3.63) is 34.9 Å². The minimum absolute atomic E-state index is 0.0113. The van der Waals surface area contributed by atoms with E-state index in [9.17, 15) is 14.4 Å². The zero-order valence-corrected chi connectivity index (χ0v) is 15.9. The van der Waals surface area contributed by atoms with E-state index in [1.54, 1.807) is 28.9 Å². The normalized spacial score (nSPS) is 14.1. The molecule has 8 heteroatoms. The van der Waals surface area contributed by atoms with Crippen LogP contribution in [0.4, 0.5) is 4.79 Å². The van der Waals surface area contributed by atoms with E-state index >= 15 is 0 Å². The van der Waals surface area contributed by atoms with E-state index in [4.69, 9.17) is 16.3 Å². The van der Waals surface area contributed by atoms with Crippen LogP contribution in [0.25, 0.3) is 0 Å². The Morgan fingerprint density at radius 2 is 1.65 bits per heavy atom. The Labute approximate surface area is 158 Å². The monoisotopic (exact) mass is 381 g/mol. The molecule has 1 aromatic rings. The largest absolute Gasteiger partial charge is 0.450 e. The Balaban J connectivity index is 1.89. The van der Waals surface area contributed by atoms with Gasteiger partial charge in [0.2, 0.25) is 11.8 Å². The highest BCUT2D eigenvalue weighted by atomic mass is 35.5. The van der Waals surface area contributed by atoms with Crippen molar-refractivity contribution in [2.45, 2.75) is 20.4 Å². The van der Waals surface area contributed by atoms with Crippen molar-refractivity contribution in [3.8, 4) is 0 Å². The van der Waals surface area contributed by atoms with Gasteiger partial charge in [-0.05, 0) is 24.6 Å². The van der Waals surface area contributed by atoms with Crippen LogP contribution in [0.5, 0.6) is 0 Å². The number of hydrogen-bond acceptors (Lipinski definition) is 4. The third-order valence-corrected chi connectivity index (χ3v) is 4.47. The zero-order valence-electron chi connectivity index (χ0n) is 15.1. The first-order chi connectivity index (χ1) is 12.4. The van der Waals surface area contributed by atoms with E-state index < -0.39 is 0 Å². The summed E-state index contributed by atoms with van der Waals surface area (Å²) >= 11 is 5.87. The van der Waals surface area contributed by atoms with Crippen LogP contribution >= 0.6 is 11.6 Å². The molecule has 0 radical (unpaired) electrons. The fourth-order valence-corrected chi connectivity index (χ4v) is 2.83. The van der Waals surface area contributed by atoms with Crippen molar-refractivity contribution < 1.29 is 19.1 Å². The second-order valence-corrected chi connectivity index (χ2v) is 6.50. The Hall–Kier alpha value is -2.28. The van der Waals surface area contributed by atoms with Gasteiger partial charge in [0.15, 0.2) is 0 Å². The molecule has 3 amide bonds. The quantitative estimate of drug-likeness (QED) is 0.782. The number of hydrogen-bond donors (Lipinski definition) is 0. The molecule has 0 atom stereocenters. The van der Waals surface area contributed by atoms with E-state index in [0.29, 0.717) is 44.4 Å². The molecular weight excluding hydrogens is 358 g/mol. The maximum Gasteiger partial charge on any atom is 0.409 e. The summed E-state index contributed by atoms with van der Waals surface area (Å²) in [6.45, 7) is 5.63. The maximum absolute atomic E-state index is 12.5. The first-order valence-corrected chi connectivity index (χ1v) is 8.98. The summed E-state index contributed by atoms with van der Waals surface area (Å²) in [5.41, 5.74) is 0.907. The number of benzene rings is 1. The van der Waals surface area contributed by atoms with Gasteiger partial charge in [-0.25, -0.2) is 4.79 Å². The van der Waals surface area contributed by atoms with Crippen LogP contribution in [0.3, 0.4) is 0 Å². The molecule has 0 unspecified atom stereocenters. The number of nitrogens with zero attached hydrogens (tertiary/aromatic N) is 3. The molecule has 0 aliphatic carbocycles. The smallest absolute Gasteiger partial charge is 0.409 e.